The molecule has 2 aromatic heterocycles. The van der Waals surface area contributed by atoms with Gasteiger partial charge in [-0.1, -0.05) is 29.8 Å². The van der Waals surface area contributed by atoms with Crippen LogP contribution in [0.1, 0.15) is 52.0 Å². The Morgan fingerprint density at radius 1 is 1.23 bits per heavy atom. The first kappa shape index (κ1) is 20.7. The molecule has 1 amide bonds. The number of likely N-dealkylation sites (tertiary alicyclic amines) is 1. The van der Waals surface area contributed by atoms with Crippen LogP contribution in [0, 0.1) is 13.8 Å². The maximum Gasteiger partial charge on any atom is 0.255 e. The molecule has 1 aliphatic rings. The highest BCUT2D eigenvalue weighted by atomic mass is 35.5. The van der Waals surface area contributed by atoms with Gasteiger partial charge in [0.25, 0.3) is 5.91 Å². The van der Waals surface area contributed by atoms with Crippen molar-refractivity contribution in [2.75, 3.05) is 19.6 Å². The van der Waals surface area contributed by atoms with Gasteiger partial charge >= 0.3 is 0 Å². The standard InChI is InChI=1S/C23H27ClN4O2/c1-16-22(17(2)28(26-16)15-18-8-3-4-9-19(18)24)23(29)25-14-20(21-10-7-13-30-21)27-11-5-6-12-27/h3-4,7-10,13,20H,5-6,11-12,14-15H2,1-2H3,(H,25,29)/p+1/t20-/m1/s1. The number of nitrogens with one attached hydrogen (secondary N) is 2. The molecule has 0 saturated carbocycles. The molecule has 0 unspecified atom stereocenters. The molecule has 4 rings (SSSR count). The number of aromatic nitrogens is 2. The number of benzene rings is 1. The minimum atomic E-state index is -0.0921. The summed E-state index contributed by atoms with van der Waals surface area (Å²) in [6.07, 6.45) is 4.13. The number of nitrogens with zero attached hydrogens (tertiary/aromatic N) is 2. The first-order chi connectivity index (χ1) is 14.5. The Balaban J connectivity index is 1.49. The number of quaternary nitrogens is 1. The molecule has 0 aliphatic carbocycles. The van der Waals surface area contributed by atoms with Crippen molar-refractivity contribution in [1.82, 2.24) is 15.1 Å². The fraction of sp³-hybridized carbons (Fsp3) is 0.391. The average Bonchev–Trinajstić information content (AvgIpc) is 3.48. The van der Waals surface area contributed by atoms with E-state index in [9.17, 15) is 4.79 Å². The summed E-state index contributed by atoms with van der Waals surface area (Å²) in [6, 6.07) is 11.7. The van der Waals surface area contributed by atoms with Gasteiger partial charge in [0.05, 0.1) is 43.7 Å². The Bertz CT molecular complexity index is 1010. The monoisotopic (exact) mass is 427 g/mol. The highest BCUT2D eigenvalue weighted by Gasteiger charge is 2.30. The van der Waals surface area contributed by atoms with E-state index in [1.807, 2.05) is 54.9 Å². The van der Waals surface area contributed by atoms with Gasteiger partial charge in [0.2, 0.25) is 0 Å². The fourth-order valence-electron chi connectivity index (χ4n) is 4.36. The van der Waals surface area contributed by atoms with Crippen molar-refractivity contribution < 1.29 is 14.1 Å². The van der Waals surface area contributed by atoms with Crippen molar-refractivity contribution in [2.24, 2.45) is 0 Å². The number of rotatable bonds is 7. The number of furan rings is 1. The maximum atomic E-state index is 13.1. The summed E-state index contributed by atoms with van der Waals surface area (Å²) in [6.45, 7) is 7.09. The second-order valence-electron chi connectivity index (χ2n) is 7.94. The fourth-order valence-corrected chi connectivity index (χ4v) is 4.56. The van der Waals surface area contributed by atoms with Gasteiger partial charge in [-0.25, -0.2) is 0 Å². The van der Waals surface area contributed by atoms with Gasteiger partial charge in [-0.3, -0.25) is 9.48 Å². The van der Waals surface area contributed by atoms with Crippen molar-refractivity contribution in [1.29, 1.82) is 0 Å². The lowest BCUT2D eigenvalue weighted by Gasteiger charge is -2.23. The van der Waals surface area contributed by atoms with Crippen molar-refractivity contribution in [3.8, 4) is 0 Å². The largest absolute Gasteiger partial charge is 0.463 e. The van der Waals surface area contributed by atoms with Gasteiger partial charge in [-0.2, -0.15) is 5.10 Å². The number of amides is 1. The van der Waals surface area contributed by atoms with Gasteiger partial charge in [0.1, 0.15) is 0 Å². The van der Waals surface area contributed by atoms with Crippen molar-refractivity contribution in [2.45, 2.75) is 39.3 Å². The smallest absolute Gasteiger partial charge is 0.255 e. The topological polar surface area (TPSA) is 64.5 Å². The molecule has 1 aliphatic heterocycles. The lowest BCUT2D eigenvalue weighted by Crippen LogP contribution is -3.11. The third-order valence-electron chi connectivity index (χ3n) is 5.98. The molecule has 158 valence electrons. The number of hydrogen-bond acceptors (Lipinski definition) is 3. The minimum absolute atomic E-state index is 0.0921. The van der Waals surface area contributed by atoms with E-state index in [0.29, 0.717) is 23.7 Å². The summed E-state index contributed by atoms with van der Waals surface area (Å²) in [4.78, 5) is 14.5. The van der Waals surface area contributed by atoms with Crippen LogP contribution in [0.25, 0.3) is 0 Å². The molecule has 1 fully saturated rings. The van der Waals surface area contributed by atoms with Gasteiger partial charge in [0.15, 0.2) is 11.8 Å². The van der Waals surface area contributed by atoms with Crippen LogP contribution in [0.4, 0.5) is 0 Å². The van der Waals surface area contributed by atoms with Crippen molar-refractivity contribution in [3.63, 3.8) is 0 Å². The van der Waals surface area contributed by atoms with E-state index in [-0.39, 0.29) is 11.9 Å². The molecular formula is C23H28ClN4O2+. The van der Waals surface area contributed by atoms with E-state index in [1.54, 1.807) is 6.26 Å². The molecule has 7 heteroatoms. The predicted octanol–water partition coefficient (Wildman–Crippen LogP) is 2.94. The number of aryl methyl sites for hydroxylation is 1. The van der Waals surface area contributed by atoms with Gasteiger partial charge in [-0.15, -0.1) is 0 Å². The minimum Gasteiger partial charge on any atom is -0.463 e. The van der Waals surface area contributed by atoms with Crippen molar-refractivity contribution >= 4 is 17.5 Å². The molecule has 1 saturated heterocycles. The third kappa shape index (κ3) is 4.30. The Kier molecular flexibility index (Phi) is 6.25. The van der Waals surface area contributed by atoms with Crippen LogP contribution in [0.15, 0.2) is 47.1 Å². The van der Waals surface area contributed by atoms with Crippen LogP contribution in [0.3, 0.4) is 0 Å². The Morgan fingerprint density at radius 3 is 2.70 bits per heavy atom. The highest BCUT2D eigenvalue weighted by molar-refractivity contribution is 6.31. The molecule has 2 N–H and O–H groups in total. The summed E-state index contributed by atoms with van der Waals surface area (Å²) in [5.41, 5.74) is 3.18. The lowest BCUT2D eigenvalue weighted by molar-refractivity contribution is -0.919. The molecule has 0 radical (unpaired) electrons. The summed E-state index contributed by atoms with van der Waals surface area (Å²) < 4.78 is 7.52. The number of halogens is 1. The van der Waals surface area contributed by atoms with E-state index in [0.717, 1.165) is 35.8 Å². The Hall–Kier alpha value is -2.57. The average molecular weight is 428 g/mol. The Morgan fingerprint density at radius 2 is 2.00 bits per heavy atom. The quantitative estimate of drug-likeness (QED) is 0.609. The van der Waals surface area contributed by atoms with Crippen LogP contribution >= 0.6 is 11.6 Å². The molecule has 1 atom stereocenters. The zero-order valence-electron chi connectivity index (χ0n) is 17.5. The predicted molar refractivity (Wildman–Crippen MR) is 116 cm³/mol. The van der Waals surface area contributed by atoms with E-state index in [4.69, 9.17) is 16.0 Å². The number of carbonyl (C=O) groups excluding carboxylic acids is 1. The Labute approximate surface area is 181 Å². The molecular weight excluding hydrogens is 400 g/mol. The summed E-state index contributed by atoms with van der Waals surface area (Å²) in [5.74, 6) is 0.834. The van der Waals surface area contributed by atoms with Gasteiger partial charge < -0.3 is 14.6 Å². The summed E-state index contributed by atoms with van der Waals surface area (Å²) >= 11 is 6.30. The molecule has 6 nitrogen and oxygen atoms in total. The molecule has 0 bridgehead atoms. The third-order valence-corrected chi connectivity index (χ3v) is 6.35. The normalized spacial score (nSPS) is 15.4. The van der Waals surface area contributed by atoms with Crippen LogP contribution < -0.4 is 10.2 Å². The maximum absolute atomic E-state index is 13.1. The van der Waals surface area contributed by atoms with Crippen LogP contribution in [0.2, 0.25) is 5.02 Å². The van der Waals surface area contributed by atoms with E-state index >= 15 is 0 Å². The zero-order chi connectivity index (χ0) is 21.1. The van der Waals surface area contributed by atoms with E-state index < -0.39 is 0 Å². The van der Waals surface area contributed by atoms with Crippen LogP contribution in [-0.2, 0) is 6.54 Å². The second-order valence-corrected chi connectivity index (χ2v) is 8.35. The zero-order valence-corrected chi connectivity index (χ0v) is 18.2. The highest BCUT2D eigenvalue weighted by Crippen LogP contribution is 2.20. The molecule has 3 aromatic rings. The number of hydrogen-bond donors (Lipinski definition) is 2. The lowest BCUT2D eigenvalue weighted by atomic mass is 10.1. The summed E-state index contributed by atoms with van der Waals surface area (Å²) in [7, 11) is 0. The SMILES string of the molecule is Cc1nn(Cc2ccccc2Cl)c(C)c1C(=O)NC[C@H](c1ccco1)[NH+]1CCCC1. The molecule has 0 spiro atoms. The molecule has 3 heterocycles. The molecule has 30 heavy (non-hydrogen) atoms. The van der Waals surface area contributed by atoms with E-state index in [1.165, 1.54) is 17.7 Å². The second kappa shape index (κ2) is 9.06. The van der Waals surface area contributed by atoms with Crippen molar-refractivity contribution in [3.05, 3.63) is 76.0 Å². The van der Waals surface area contributed by atoms with Gasteiger partial charge in [-0.05, 0) is 37.6 Å². The van der Waals surface area contributed by atoms with Crippen LogP contribution in [-0.4, -0.2) is 35.3 Å². The number of carbonyl (C=O) groups is 1. The van der Waals surface area contributed by atoms with Gasteiger partial charge in [0, 0.05) is 23.6 Å². The first-order valence-electron chi connectivity index (χ1n) is 10.5. The first-order valence-corrected chi connectivity index (χ1v) is 10.9. The van der Waals surface area contributed by atoms with Crippen LogP contribution in [0.5, 0.6) is 0 Å². The molecule has 1 aromatic carbocycles. The summed E-state index contributed by atoms with van der Waals surface area (Å²) in [5, 5.41) is 8.43. The van der Waals surface area contributed by atoms with E-state index in [2.05, 4.69) is 10.4 Å².